The van der Waals surface area contributed by atoms with Crippen molar-refractivity contribution < 1.29 is 5.11 Å². The zero-order valence-corrected chi connectivity index (χ0v) is 8.40. The van der Waals surface area contributed by atoms with Crippen molar-refractivity contribution in [3.05, 3.63) is 0 Å². The molecule has 0 saturated heterocycles. The fourth-order valence-electron chi connectivity index (χ4n) is 1.15. The van der Waals surface area contributed by atoms with Gasteiger partial charge in [0.15, 0.2) is 0 Å². The summed E-state index contributed by atoms with van der Waals surface area (Å²) >= 11 is 0. The Morgan fingerprint density at radius 1 is 1.75 bits per heavy atom. The van der Waals surface area contributed by atoms with Crippen LogP contribution in [0.5, 0.6) is 0 Å². The lowest BCUT2D eigenvalue weighted by molar-refractivity contribution is 0.265. The lowest BCUT2D eigenvalue weighted by atomic mass is 10.0. The predicted octanol–water partition coefficient (Wildman–Crippen LogP) is 0.462. The highest BCUT2D eigenvalue weighted by Gasteiger charge is 2.45. The largest absolute Gasteiger partial charge is 0.394 e. The van der Waals surface area contributed by atoms with E-state index in [4.69, 9.17) is 10.4 Å². The van der Waals surface area contributed by atoms with Crippen LogP contribution in [0.25, 0.3) is 0 Å². The van der Waals surface area contributed by atoms with Gasteiger partial charge in [-0.2, -0.15) is 5.26 Å². The van der Waals surface area contributed by atoms with Gasteiger partial charge in [-0.05, 0) is 18.3 Å². The fraction of sp³-hybridized carbons (Fsp3) is 0.875. The summed E-state index contributed by atoms with van der Waals surface area (Å²) in [5.74, 6) is -0.0629. The molecular formula is C8H15N2OP. The average Bonchev–Trinajstić information content (AvgIpc) is 2.79. The molecule has 3 atom stereocenters. The monoisotopic (exact) mass is 186 g/mol. The zero-order chi connectivity index (χ0) is 9.19. The van der Waals surface area contributed by atoms with Crippen LogP contribution in [0.3, 0.4) is 0 Å². The number of aliphatic hydroxyl groups excluding tert-OH is 1. The van der Waals surface area contributed by atoms with Crippen LogP contribution >= 0.6 is 9.24 Å². The molecule has 68 valence electrons. The fourth-order valence-corrected chi connectivity index (χ4v) is 1.34. The zero-order valence-electron chi connectivity index (χ0n) is 7.25. The van der Waals surface area contributed by atoms with E-state index >= 15 is 0 Å². The van der Waals surface area contributed by atoms with Gasteiger partial charge in [0.25, 0.3) is 0 Å². The molecule has 2 N–H and O–H groups in total. The van der Waals surface area contributed by atoms with Gasteiger partial charge in [0.2, 0.25) is 0 Å². The third kappa shape index (κ3) is 2.17. The number of nitrogens with one attached hydrogen (secondary N) is 1. The number of rotatable bonds is 4. The lowest BCUT2D eigenvalue weighted by Gasteiger charge is -2.21. The number of hydrogen-bond donors (Lipinski definition) is 2. The molecule has 0 amide bonds. The Morgan fingerprint density at radius 2 is 2.33 bits per heavy atom. The molecule has 0 bridgehead atoms. The van der Waals surface area contributed by atoms with Crippen molar-refractivity contribution in [2.45, 2.75) is 31.6 Å². The molecule has 12 heavy (non-hydrogen) atoms. The Bertz CT molecular complexity index is 198. The molecule has 0 spiro atoms. The molecule has 0 aliphatic heterocycles. The van der Waals surface area contributed by atoms with Gasteiger partial charge in [0, 0.05) is 5.78 Å². The minimum Gasteiger partial charge on any atom is -0.394 e. The molecule has 0 aromatic carbocycles. The lowest BCUT2D eigenvalue weighted by Crippen LogP contribution is -2.40. The van der Waals surface area contributed by atoms with Crippen molar-refractivity contribution >= 4 is 9.24 Å². The van der Waals surface area contributed by atoms with Crippen LogP contribution in [0.15, 0.2) is 0 Å². The molecular weight excluding hydrogens is 171 g/mol. The number of nitriles is 1. The van der Waals surface area contributed by atoms with Gasteiger partial charge in [0.05, 0.1) is 12.7 Å². The second-order valence-electron chi connectivity index (χ2n) is 3.67. The van der Waals surface area contributed by atoms with E-state index < -0.39 is 0 Å². The van der Waals surface area contributed by atoms with Crippen LogP contribution in [0, 0.1) is 16.7 Å². The van der Waals surface area contributed by atoms with Crippen molar-refractivity contribution in [3.63, 3.8) is 0 Å². The first-order chi connectivity index (χ1) is 5.62. The van der Waals surface area contributed by atoms with Crippen LogP contribution in [0.2, 0.25) is 0 Å². The molecule has 1 rings (SSSR count). The van der Waals surface area contributed by atoms with Crippen molar-refractivity contribution in [1.82, 2.24) is 5.32 Å². The summed E-state index contributed by atoms with van der Waals surface area (Å²) in [6, 6.07) is 2.12. The van der Waals surface area contributed by atoms with Gasteiger partial charge in [-0.15, -0.1) is 9.24 Å². The van der Waals surface area contributed by atoms with Gasteiger partial charge < -0.3 is 5.11 Å². The maximum absolute atomic E-state index is 8.84. The molecule has 1 aliphatic rings. The molecule has 3 nitrogen and oxygen atoms in total. The molecule has 0 aromatic rings. The van der Waals surface area contributed by atoms with Gasteiger partial charge in [-0.3, -0.25) is 5.32 Å². The van der Waals surface area contributed by atoms with Gasteiger partial charge >= 0.3 is 0 Å². The number of aliphatic hydroxyl groups is 1. The summed E-state index contributed by atoms with van der Waals surface area (Å²) < 4.78 is 0. The van der Waals surface area contributed by atoms with E-state index in [1.54, 1.807) is 0 Å². The highest BCUT2D eigenvalue weighted by molar-refractivity contribution is 7.17. The summed E-state index contributed by atoms with van der Waals surface area (Å²) in [6.07, 6.45) is 2.22. The molecule has 0 aromatic heterocycles. The highest BCUT2D eigenvalue weighted by atomic mass is 31.0. The predicted molar refractivity (Wildman–Crippen MR) is 50.5 cm³/mol. The van der Waals surface area contributed by atoms with E-state index in [-0.39, 0.29) is 23.8 Å². The van der Waals surface area contributed by atoms with Gasteiger partial charge in [0.1, 0.15) is 6.04 Å². The number of hydrogen-bond acceptors (Lipinski definition) is 3. The molecule has 1 aliphatic carbocycles. The second-order valence-corrected chi connectivity index (χ2v) is 4.48. The molecule has 1 fully saturated rings. The Kier molecular flexibility index (Phi) is 3.06. The molecule has 0 heterocycles. The molecule has 1 saturated carbocycles. The van der Waals surface area contributed by atoms with E-state index in [1.165, 1.54) is 0 Å². The van der Waals surface area contributed by atoms with E-state index in [1.807, 2.05) is 0 Å². The number of nitrogens with zero attached hydrogens (tertiary/aromatic N) is 1. The van der Waals surface area contributed by atoms with Gasteiger partial charge in [-0.25, -0.2) is 0 Å². The Hall–Kier alpha value is -0.160. The molecule has 0 radical (unpaired) electrons. The molecule has 1 unspecified atom stereocenters. The first-order valence-corrected chi connectivity index (χ1v) is 4.81. The summed E-state index contributed by atoms with van der Waals surface area (Å²) in [7, 11) is 2.48. The first kappa shape index (κ1) is 9.92. The maximum atomic E-state index is 8.84. The van der Waals surface area contributed by atoms with E-state index in [2.05, 4.69) is 27.5 Å². The Morgan fingerprint density at radius 3 is 2.67 bits per heavy atom. The Balaban J connectivity index is 2.42. The first-order valence-electron chi connectivity index (χ1n) is 4.14. The third-order valence-electron chi connectivity index (χ3n) is 2.44. The van der Waals surface area contributed by atoms with Crippen LogP contribution in [-0.4, -0.2) is 23.5 Å². The molecule has 4 heteroatoms. The quantitative estimate of drug-likeness (QED) is 0.627. The average molecular weight is 186 g/mol. The standard InChI is InChI=1S/C8H15N2OP/c1-8(2-3-8)6(4-9)10-7(12)5-11/h6-7,10-11H,2-3,5,12H2,1H3/t6-,7+/m1/s1. The normalized spacial score (nSPS) is 24.2. The minimum absolute atomic E-state index is 0.0545. The highest BCUT2D eigenvalue weighted by Crippen LogP contribution is 2.48. The van der Waals surface area contributed by atoms with E-state index in [9.17, 15) is 0 Å². The third-order valence-corrected chi connectivity index (χ3v) is 2.85. The van der Waals surface area contributed by atoms with Crippen molar-refractivity contribution in [2.24, 2.45) is 5.41 Å². The van der Waals surface area contributed by atoms with Crippen LogP contribution in [0.4, 0.5) is 0 Å². The van der Waals surface area contributed by atoms with Crippen molar-refractivity contribution in [2.75, 3.05) is 6.61 Å². The topological polar surface area (TPSA) is 56.0 Å². The van der Waals surface area contributed by atoms with Crippen molar-refractivity contribution in [3.8, 4) is 6.07 Å². The minimum atomic E-state index is -0.118. The summed E-state index contributed by atoms with van der Waals surface area (Å²) in [6.45, 7) is 2.15. The smallest absolute Gasteiger partial charge is 0.101 e. The summed E-state index contributed by atoms with van der Waals surface area (Å²) in [5.41, 5.74) is 0.152. The van der Waals surface area contributed by atoms with Crippen molar-refractivity contribution in [1.29, 1.82) is 5.26 Å². The summed E-state index contributed by atoms with van der Waals surface area (Å²) in [5, 5.41) is 20.7. The Labute approximate surface area is 75.4 Å². The maximum Gasteiger partial charge on any atom is 0.101 e. The van der Waals surface area contributed by atoms with Crippen LogP contribution in [-0.2, 0) is 0 Å². The van der Waals surface area contributed by atoms with E-state index in [0.717, 1.165) is 12.8 Å². The van der Waals surface area contributed by atoms with E-state index in [0.29, 0.717) is 0 Å². The van der Waals surface area contributed by atoms with Crippen LogP contribution in [0.1, 0.15) is 19.8 Å². The SMILES string of the molecule is CC1([C@@H](C#N)N[C@@H](P)CO)CC1. The van der Waals surface area contributed by atoms with Crippen LogP contribution < -0.4 is 5.32 Å². The second kappa shape index (κ2) is 3.70. The van der Waals surface area contributed by atoms with Gasteiger partial charge in [-0.1, -0.05) is 6.92 Å². The summed E-state index contributed by atoms with van der Waals surface area (Å²) in [4.78, 5) is 0.